The lowest BCUT2D eigenvalue weighted by Crippen LogP contribution is -2.47. The van der Waals surface area contributed by atoms with E-state index in [2.05, 4.69) is 76.2 Å². The van der Waals surface area contributed by atoms with Crippen molar-refractivity contribution in [1.82, 2.24) is 9.97 Å². The predicted molar refractivity (Wildman–Crippen MR) is 133 cm³/mol. The Morgan fingerprint density at radius 3 is 2.27 bits per heavy atom. The van der Waals surface area contributed by atoms with Gasteiger partial charge in [0.25, 0.3) is 0 Å². The lowest BCUT2D eigenvalue weighted by molar-refractivity contribution is 0.415. The van der Waals surface area contributed by atoms with E-state index in [1.165, 1.54) is 11.8 Å². The molecule has 4 rings (SSSR count). The van der Waals surface area contributed by atoms with Crippen LogP contribution in [0.4, 0.5) is 27.5 Å². The Kier molecular flexibility index (Phi) is 6.40. The van der Waals surface area contributed by atoms with Crippen molar-refractivity contribution in [2.45, 2.75) is 33.1 Å². The summed E-state index contributed by atoms with van der Waals surface area (Å²) in [7, 11) is 1.67. The minimum atomic E-state index is -0.462. The van der Waals surface area contributed by atoms with Crippen molar-refractivity contribution in [1.29, 1.82) is 0 Å². The lowest BCUT2D eigenvalue weighted by Gasteiger charge is -2.36. The number of halogens is 1. The summed E-state index contributed by atoms with van der Waals surface area (Å²) in [6.07, 6.45) is 1.25. The third-order valence-electron chi connectivity index (χ3n) is 6.09. The molecule has 0 saturated carbocycles. The second-order valence-electron chi connectivity index (χ2n) is 9.44. The van der Waals surface area contributed by atoms with Crippen LogP contribution in [-0.2, 0) is 5.41 Å². The maximum Gasteiger partial charge on any atom is 0.227 e. The average Bonchev–Trinajstić information content (AvgIpc) is 2.81. The van der Waals surface area contributed by atoms with Crippen LogP contribution in [0.1, 0.15) is 31.9 Å². The van der Waals surface area contributed by atoms with Gasteiger partial charge in [-0.2, -0.15) is 4.98 Å². The molecule has 33 heavy (non-hydrogen) atoms. The minimum Gasteiger partial charge on any atom is -0.497 e. The second kappa shape index (κ2) is 9.25. The highest BCUT2D eigenvalue weighted by Crippen LogP contribution is 2.29. The first-order chi connectivity index (χ1) is 15.7. The number of hydrogen-bond donors (Lipinski definition) is 1. The van der Waals surface area contributed by atoms with Gasteiger partial charge < -0.3 is 19.9 Å². The van der Waals surface area contributed by atoms with Crippen LogP contribution >= 0.6 is 0 Å². The van der Waals surface area contributed by atoms with E-state index in [0.717, 1.165) is 48.9 Å². The number of ether oxygens (including phenoxy) is 1. The lowest BCUT2D eigenvalue weighted by atomic mass is 9.86. The van der Waals surface area contributed by atoms with Crippen molar-refractivity contribution in [3.63, 3.8) is 0 Å². The fourth-order valence-corrected chi connectivity index (χ4v) is 3.91. The molecule has 1 aliphatic rings. The Hall–Kier alpha value is -3.35. The third kappa shape index (κ3) is 5.18. The van der Waals surface area contributed by atoms with Crippen molar-refractivity contribution >= 4 is 23.1 Å². The number of anilines is 4. The normalized spacial score (nSPS) is 14.4. The molecule has 174 valence electrons. The van der Waals surface area contributed by atoms with Crippen molar-refractivity contribution < 1.29 is 9.13 Å². The van der Waals surface area contributed by atoms with Crippen LogP contribution in [0, 0.1) is 12.7 Å². The van der Waals surface area contributed by atoms with Gasteiger partial charge in [0.2, 0.25) is 5.95 Å². The predicted octanol–water partition coefficient (Wildman–Crippen LogP) is 5.30. The molecule has 0 atom stereocenters. The van der Waals surface area contributed by atoms with Crippen LogP contribution in [0.15, 0.2) is 48.7 Å². The molecule has 2 aromatic carbocycles. The van der Waals surface area contributed by atoms with E-state index in [9.17, 15) is 4.39 Å². The number of aromatic nitrogens is 2. The fraction of sp³-hybridized carbons (Fsp3) is 0.385. The first-order valence-electron chi connectivity index (χ1n) is 11.3. The molecule has 0 radical (unpaired) electrons. The monoisotopic (exact) mass is 449 g/mol. The fourth-order valence-electron chi connectivity index (χ4n) is 3.91. The molecule has 0 spiro atoms. The zero-order valence-electron chi connectivity index (χ0n) is 20.0. The highest BCUT2D eigenvalue weighted by Gasteiger charge is 2.21. The van der Waals surface area contributed by atoms with Crippen LogP contribution in [0.3, 0.4) is 0 Å². The quantitative estimate of drug-likeness (QED) is 0.570. The maximum absolute atomic E-state index is 14.6. The molecule has 0 aliphatic carbocycles. The van der Waals surface area contributed by atoms with E-state index < -0.39 is 5.82 Å². The van der Waals surface area contributed by atoms with Crippen LogP contribution < -0.4 is 19.9 Å². The number of methoxy groups -OCH3 is 1. The van der Waals surface area contributed by atoms with E-state index >= 15 is 0 Å². The van der Waals surface area contributed by atoms with Crippen molar-refractivity contribution in [3.8, 4) is 5.75 Å². The first-order valence-corrected chi connectivity index (χ1v) is 11.3. The first kappa shape index (κ1) is 22.8. The molecule has 1 fully saturated rings. The summed E-state index contributed by atoms with van der Waals surface area (Å²) in [5.41, 5.74) is 4.24. The topological polar surface area (TPSA) is 53.5 Å². The highest BCUT2D eigenvalue weighted by molar-refractivity contribution is 5.63. The summed E-state index contributed by atoms with van der Waals surface area (Å²) in [5.74, 6) is 1.13. The number of rotatable bonds is 5. The number of nitrogens with zero attached hydrogens (tertiary/aromatic N) is 4. The van der Waals surface area contributed by atoms with E-state index in [1.54, 1.807) is 7.11 Å². The van der Waals surface area contributed by atoms with Crippen LogP contribution in [-0.4, -0.2) is 43.3 Å². The van der Waals surface area contributed by atoms with Gasteiger partial charge >= 0.3 is 0 Å². The Bertz CT molecular complexity index is 1100. The van der Waals surface area contributed by atoms with Crippen LogP contribution in [0.25, 0.3) is 0 Å². The van der Waals surface area contributed by atoms with Crippen LogP contribution in [0.5, 0.6) is 5.75 Å². The highest BCUT2D eigenvalue weighted by atomic mass is 19.1. The van der Waals surface area contributed by atoms with Gasteiger partial charge in [0, 0.05) is 37.6 Å². The van der Waals surface area contributed by atoms with E-state index in [-0.39, 0.29) is 11.2 Å². The summed E-state index contributed by atoms with van der Waals surface area (Å²) in [4.78, 5) is 13.2. The van der Waals surface area contributed by atoms with Crippen LogP contribution in [0.2, 0.25) is 0 Å². The van der Waals surface area contributed by atoms with Gasteiger partial charge in [-0.25, -0.2) is 9.37 Å². The molecule has 1 aromatic heterocycles. The van der Waals surface area contributed by atoms with Gasteiger partial charge in [0.05, 0.1) is 13.3 Å². The molecule has 0 unspecified atom stereocenters. The number of aryl methyl sites for hydroxylation is 1. The zero-order valence-corrected chi connectivity index (χ0v) is 20.0. The Balaban J connectivity index is 1.48. The van der Waals surface area contributed by atoms with Gasteiger partial charge in [0.1, 0.15) is 5.75 Å². The number of benzene rings is 2. The number of nitrogens with one attached hydrogen (secondary N) is 1. The smallest absolute Gasteiger partial charge is 0.227 e. The molecule has 1 N–H and O–H groups in total. The van der Waals surface area contributed by atoms with E-state index in [4.69, 9.17) is 4.74 Å². The van der Waals surface area contributed by atoms with Gasteiger partial charge in [0.15, 0.2) is 11.6 Å². The summed E-state index contributed by atoms with van der Waals surface area (Å²) in [6.45, 7) is 11.7. The van der Waals surface area contributed by atoms with Gasteiger partial charge in [-0.3, -0.25) is 0 Å². The number of hydrogen-bond acceptors (Lipinski definition) is 6. The van der Waals surface area contributed by atoms with Crippen molar-refractivity contribution in [3.05, 3.63) is 65.6 Å². The molecule has 7 heteroatoms. The summed E-state index contributed by atoms with van der Waals surface area (Å²) < 4.78 is 19.9. The molecule has 0 amide bonds. The molecule has 3 aromatic rings. The zero-order chi connectivity index (χ0) is 23.6. The second-order valence-corrected chi connectivity index (χ2v) is 9.44. The Labute approximate surface area is 195 Å². The van der Waals surface area contributed by atoms with Gasteiger partial charge in [-0.05, 0) is 53.8 Å². The minimum absolute atomic E-state index is 0.00304. The van der Waals surface area contributed by atoms with Gasteiger partial charge in [-0.15, -0.1) is 0 Å². The van der Waals surface area contributed by atoms with Gasteiger partial charge in [-0.1, -0.05) is 32.9 Å². The SMILES string of the molecule is COc1ccc(N2CCN(c3ncc(F)c(Nc4cc(C(C)(C)C)ccc4C)n3)CC2)cc1. The average molecular weight is 450 g/mol. The molecular weight excluding hydrogens is 417 g/mol. The van der Waals surface area contributed by atoms with Crippen molar-refractivity contribution in [2.75, 3.05) is 48.4 Å². The summed E-state index contributed by atoms with van der Waals surface area (Å²) in [5, 5.41) is 3.20. The largest absolute Gasteiger partial charge is 0.497 e. The molecular formula is C26H32FN5O. The van der Waals surface area contributed by atoms with E-state index in [1.807, 2.05) is 19.1 Å². The summed E-state index contributed by atoms with van der Waals surface area (Å²) >= 11 is 0. The van der Waals surface area contributed by atoms with Crippen molar-refractivity contribution in [2.24, 2.45) is 0 Å². The Morgan fingerprint density at radius 2 is 1.64 bits per heavy atom. The molecule has 2 heterocycles. The third-order valence-corrected chi connectivity index (χ3v) is 6.09. The molecule has 6 nitrogen and oxygen atoms in total. The molecule has 1 aliphatic heterocycles. The maximum atomic E-state index is 14.6. The molecule has 0 bridgehead atoms. The summed E-state index contributed by atoms with van der Waals surface area (Å²) in [6, 6.07) is 14.3. The Morgan fingerprint density at radius 1 is 0.970 bits per heavy atom. The van der Waals surface area contributed by atoms with E-state index in [0.29, 0.717) is 5.95 Å². The molecule has 1 saturated heterocycles. The standard InChI is InChI=1S/C26H32FN5O/c1-18-6-7-19(26(2,3)4)16-23(18)29-24-22(27)17-28-25(30-24)32-14-12-31(13-15-32)20-8-10-21(33-5)11-9-20/h6-11,16-17H,12-15H2,1-5H3,(H,28,29,30). The number of piperazine rings is 1.